The normalized spacial score (nSPS) is 11.0. The Hall–Kier alpha value is -3.42. The molecule has 0 bridgehead atoms. The second kappa shape index (κ2) is 5.41. The molecule has 0 unspecified atom stereocenters. The number of nitrogens with two attached hydrogens (primary N) is 1. The highest BCUT2D eigenvalue weighted by Crippen LogP contribution is 2.28. The lowest BCUT2D eigenvalue weighted by atomic mass is 10.1. The predicted molar refractivity (Wildman–Crippen MR) is 87.4 cm³/mol. The molecule has 3 aromatic heterocycles. The molecule has 0 fully saturated rings. The van der Waals surface area contributed by atoms with Crippen molar-refractivity contribution in [3.63, 3.8) is 0 Å². The van der Waals surface area contributed by atoms with Crippen LogP contribution in [0, 0.1) is 0 Å². The molecule has 0 aliphatic carbocycles. The van der Waals surface area contributed by atoms with Crippen LogP contribution in [0.5, 0.6) is 0 Å². The third-order valence-electron chi connectivity index (χ3n) is 3.57. The number of nitrogens with one attached hydrogen (secondary N) is 3. The molecule has 114 valence electrons. The largest absolute Gasteiger partial charge is 0.384 e. The van der Waals surface area contributed by atoms with E-state index in [0.29, 0.717) is 12.4 Å². The van der Waals surface area contributed by atoms with Gasteiger partial charge in [0.25, 0.3) is 0 Å². The van der Waals surface area contributed by atoms with Crippen molar-refractivity contribution in [2.45, 2.75) is 6.54 Å². The number of nitrogen functional groups attached to an aromatic ring is 1. The third-order valence-corrected chi connectivity index (χ3v) is 3.57. The SMILES string of the molecule is Nc1cc(NCc2cn[nH]n2)c2ccc(-c3ccn[nH]3)cc2n1. The van der Waals surface area contributed by atoms with Gasteiger partial charge in [0.2, 0.25) is 0 Å². The fourth-order valence-corrected chi connectivity index (χ4v) is 2.48. The van der Waals surface area contributed by atoms with Crippen LogP contribution >= 0.6 is 0 Å². The number of aromatic nitrogens is 6. The number of hydrogen-bond acceptors (Lipinski definition) is 6. The minimum atomic E-state index is 0.460. The van der Waals surface area contributed by atoms with Gasteiger partial charge in [-0.05, 0) is 12.1 Å². The molecule has 0 saturated carbocycles. The number of benzene rings is 1. The average molecular weight is 306 g/mol. The second-order valence-corrected chi connectivity index (χ2v) is 5.11. The maximum Gasteiger partial charge on any atom is 0.126 e. The zero-order chi connectivity index (χ0) is 15.6. The summed E-state index contributed by atoms with van der Waals surface area (Å²) in [4.78, 5) is 4.42. The van der Waals surface area contributed by atoms with E-state index < -0.39 is 0 Å². The number of fused-ring (bicyclic) bond motifs is 1. The van der Waals surface area contributed by atoms with Gasteiger partial charge in [-0.1, -0.05) is 12.1 Å². The molecule has 1 aromatic carbocycles. The van der Waals surface area contributed by atoms with Crippen molar-refractivity contribution in [2.75, 3.05) is 11.1 Å². The Bertz CT molecular complexity index is 928. The minimum absolute atomic E-state index is 0.460. The van der Waals surface area contributed by atoms with E-state index in [1.807, 2.05) is 30.3 Å². The maximum atomic E-state index is 5.94. The number of anilines is 2. The summed E-state index contributed by atoms with van der Waals surface area (Å²) in [6, 6.07) is 9.76. The first-order chi connectivity index (χ1) is 11.3. The van der Waals surface area contributed by atoms with E-state index in [1.54, 1.807) is 12.4 Å². The van der Waals surface area contributed by atoms with Gasteiger partial charge >= 0.3 is 0 Å². The highest BCUT2D eigenvalue weighted by atomic mass is 15.3. The zero-order valence-corrected chi connectivity index (χ0v) is 12.1. The fraction of sp³-hybridized carbons (Fsp3) is 0.0667. The van der Waals surface area contributed by atoms with Crippen LogP contribution in [0.2, 0.25) is 0 Å². The van der Waals surface area contributed by atoms with Crippen LogP contribution in [-0.2, 0) is 6.54 Å². The molecule has 23 heavy (non-hydrogen) atoms. The Kier molecular flexibility index (Phi) is 3.12. The van der Waals surface area contributed by atoms with E-state index in [2.05, 4.69) is 35.9 Å². The van der Waals surface area contributed by atoms with Gasteiger partial charge in [0.05, 0.1) is 24.0 Å². The standard InChI is InChI=1S/C15H14N8/c16-15-6-13(17-7-10-8-19-23-21-10)11-2-1-9(5-14(11)20-15)12-3-4-18-22-12/h1-6,8H,7H2,(H,18,22)(H3,16,17,20)(H,19,21,23). The lowest BCUT2D eigenvalue weighted by molar-refractivity contribution is 0.911. The first-order valence-electron chi connectivity index (χ1n) is 7.08. The minimum Gasteiger partial charge on any atom is -0.384 e. The monoisotopic (exact) mass is 306 g/mol. The molecule has 5 N–H and O–H groups in total. The van der Waals surface area contributed by atoms with Crippen LogP contribution in [0.4, 0.5) is 11.5 Å². The van der Waals surface area contributed by atoms with Crippen molar-refractivity contribution in [1.82, 2.24) is 30.6 Å². The number of nitrogens with zero attached hydrogens (tertiary/aromatic N) is 4. The van der Waals surface area contributed by atoms with Crippen LogP contribution in [0.25, 0.3) is 22.2 Å². The van der Waals surface area contributed by atoms with Crippen molar-refractivity contribution in [3.8, 4) is 11.3 Å². The summed E-state index contributed by atoms with van der Waals surface area (Å²) in [6.07, 6.45) is 3.40. The van der Waals surface area contributed by atoms with Crippen LogP contribution < -0.4 is 11.1 Å². The zero-order valence-electron chi connectivity index (χ0n) is 12.1. The van der Waals surface area contributed by atoms with E-state index in [1.165, 1.54) is 0 Å². The predicted octanol–water partition coefficient (Wildman–Crippen LogP) is 1.94. The second-order valence-electron chi connectivity index (χ2n) is 5.11. The summed E-state index contributed by atoms with van der Waals surface area (Å²) >= 11 is 0. The van der Waals surface area contributed by atoms with Crippen molar-refractivity contribution in [2.24, 2.45) is 0 Å². The van der Waals surface area contributed by atoms with Crippen molar-refractivity contribution in [1.29, 1.82) is 0 Å². The van der Waals surface area contributed by atoms with E-state index in [0.717, 1.165) is 33.5 Å². The van der Waals surface area contributed by atoms with Crippen molar-refractivity contribution < 1.29 is 0 Å². The van der Waals surface area contributed by atoms with Crippen LogP contribution in [0.15, 0.2) is 42.7 Å². The molecule has 8 nitrogen and oxygen atoms in total. The maximum absolute atomic E-state index is 5.94. The number of H-pyrrole nitrogens is 2. The Balaban J connectivity index is 1.73. The van der Waals surface area contributed by atoms with E-state index in [-0.39, 0.29) is 0 Å². The number of rotatable bonds is 4. The third kappa shape index (κ3) is 2.57. The van der Waals surface area contributed by atoms with Crippen LogP contribution in [-0.4, -0.2) is 30.6 Å². The molecule has 0 aliphatic heterocycles. The molecule has 0 spiro atoms. The molecule has 0 aliphatic rings. The topological polar surface area (TPSA) is 121 Å². The molecular formula is C15H14N8. The van der Waals surface area contributed by atoms with Crippen LogP contribution in [0.1, 0.15) is 5.69 Å². The highest BCUT2D eigenvalue weighted by Gasteiger charge is 2.08. The van der Waals surface area contributed by atoms with E-state index >= 15 is 0 Å². The highest BCUT2D eigenvalue weighted by molar-refractivity contribution is 5.95. The molecule has 0 amide bonds. The van der Waals surface area contributed by atoms with Gasteiger partial charge in [-0.2, -0.15) is 20.5 Å². The summed E-state index contributed by atoms with van der Waals surface area (Å²) in [5.74, 6) is 0.460. The van der Waals surface area contributed by atoms with E-state index in [9.17, 15) is 0 Å². The molecule has 4 rings (SSSR count). The first-order valence-corrected chi connectivity index (χ1v) is 7.08. The van der Waals surface area contributed by atoms with Gasteiger partial charge in [0, 0.05) is 28.9 Å². The summed E-state index contributed by atoms with van der Waals surface area (Å²) in [7, 11) is 0. The quantitative estimate of drug-likeness (QED) is 0.457. The van der Waals surface area contributed by atoms with Gasteiger partial charge in [-0.25, -0.2) is 4.98 Å². The molecule has 0 radical (unpaired) electrons. The number of pyridine rings is 1. The number of hydrogen-bond donors (Lipinski definition) is 4. The molecule has 0 saturated heterocycles. The summed E-state index contributed by atoms with van der Waals surface area (Å²) < 4.78 is 0. The average Bonchev–Trinajstić information content (AvgIpc) is 3.25. The van der Waals surface area contributed by atoms with Gasteiger partial charge < -0.3 is 11.1 Å². The lowest BCUT2D eigenvalue weighted by Gasteiger charge is -2.10. The molecule has 3 heterocycles. The Morgan fingerprint density at radius 3 is 2.87 bits per heavy atom. The van der Waals surface area contributed by atoms with Crippen molar-refractivity contribution in [3.05, 3.63) is 48.4 Å². The van der Waals surface area contributed by atoms with E-state index in [4.69, 9.17) is 5.73 Å². The van der Waals surface area contributed by atoms with Gasteiger partial charge in [0.15, 0.2) is 0 Å². The Morgan fingerprint density at radius 1 is 1.13 bits per heavy atom. The smallest absolute Gasteiger partial charge is 0.126 e. The van der Waals surface area contributed by atoms with Gasteiger partial charge in [-0.3, -0.25) is 5.10 Å². The van der Waals surface area contributed by atoms with Crippen LogP contribution in [0.3, 0.4) is 0 Å². The van der Waals surface area contributed by atoms with Gasteiger partial charge in [-0.15, -0.1) is 0 Å². The summed E-state index contributed by atoms with van der Waals surface area (Å²) in [6.45, 7) is 0.553. The lowest BCUT2D eigenvalue weighted by Crippen LogP contribution is -2.02. The molecule has 8 heteroatoms. The Morgan fingerprint density at radius 2 is 2.09 bits per heavy atom. The number of aromatic amines is 2. The molecule has 4 aromatic rings. The fourth-order valence-electron chi connectivity index (χ4n) is 2.48. The Labute approximate surface area is 131 Å². The molecule has 0 atom stereocenters. The summed E-state index contributed by atoms with van der Waals surface area (Å²) in [5, 5.41) is 21.6. The van der Waals surface area contributed by atoms with Gasteiger partial charge in [0.1, 0.15) is 11.5 Å². The summed E-state index contributed by atoms with van der Waals surface area (Å²) in [5.41, 5.74) is 10.4. The van der Waals surface area contributed by atoms with Crippen molar-refractivity contribution >= 4 is 22.4 Å². The molecular weight excluding hydrogens is 292 g/mol. The first kappa shape index (κ1) is 13.3.